The molecule has 0 spiro atoms. The van der Waals surface area contributed by atoms with Gasteiger partial charge in [0, 0.05) is 18.2 Å². The van der Waals surface area contributed by atoms with Gasteiger partial charge in [0.2, 0.25) is 5.91 Å². The Balaban J connectivity index is 1.52. The summed E-state index contributed by atoms with van der Waals surface area (Å²) in [7, 11) is 0. The third-order valence-electron chi connectivity index (χ3n) is 4.99. The lowest BCUT2D eigenvalue weighted by Crippen LogP contribution is -2.41. The Morgan fingerprint density at radius 2 is 2.03 bits per heavy atom. The van der Waals surface area contributed by atoms with Crippen molar-refractivity contribution in [2.45, 2.75) is 25.3 Å². The first-order valence-electron chi connectivity index (χ1n) is 9.32. The molecule has 1 aliphatic rings. The van der Waals surface area contributed by atoms with Gasteiger partial charge in [-0.1, -0.05) is 30.3 Å². The van der Waals surface area contributed by atoms with E-state index in [-0.39, 0.29) is 23.3 Å². The fourth-order valence-electron chi connectivity index (χ4n) is 3.50. The van der Waals surface area contributed by atoms with Crippen LogP contribution in [0, 0.1) is 5.92 Å². The van der Waals surface area contributed by atoms with Crippen LogP contribution in [0.4, 0.5) is 5.69 Å². The number of nitrogens with zero attached hydrogens (tertiary/aromatic N) is 2. The number of hydrogen-bond acceptors (Lipinski definition) is 5. The average Bonchev–Trinajstić information content (AvgIpc) is 3.24. The maximum Gasteiger partial charge on any atom is 0.264 e. The van der Waals surface area contributed by atoms with E-state index < -0.39 is 6.04 Å². The molecule has 0 saturated heterocycles. The van der Waals surface area contributed by atoms with Crippen LogP contribution in [0.1, 0.15) is 29.3 Å². The predicted molar refractivity (Wildman–Crippen MR) is 105 cm³/mol. The number of fused-ring (bicyclic) bond motifs is 1. The summed E-state index contributed by atoms with van der Waals surface area (Å²) in [6.45, 7) is 0. The zero-order valence-corrected chi connectivity index (χ0v) is 15.5. The molecule has 4 rings (SSSR count). The molecule has 1 aliphatic carbocycles. The quantitative estimate of drug-likeness (QED) is 0.516. The minimum absolute atomic E-state index is 0.230. The molecule has 148 valence electrons. The molecule has 0 bridgehead atoms. The van der Waals surface area contributed by atoms with Crippen LogP contribution in [-0.2, 0) is 22.4 Å². The molecule has 0 saturated carbocycles. The van der Waals surface area contributed by atoms with Crippen LogP contribution < -0.4 is 16.2 Å². The number of aromatic amines is 2. The van der Waals surface area contributed by atoms with Crippen LogP contribution >= 0.6 is 0 Å². The summed E-state index contributed by atoms with van der Waals surface area (Å²) < 4.78 is 0. The van der Waals surface area contributed by atoms with Crippen LogP contribution in [0.5, 0.6) is 0 Å². The van der Waals surface area contributed by atoms with Crippen molar-refractivity contribution in [1.82, 2.24) is 25.7 Å². The maximum atomic E-state index is 13.0. The summed E-state index contributed by atoms with van der Waals surface area (Å²) in [6, 6.07) is 9.69. The SMILES string of the molecule is O=C(NC(C(=O)Nc1cn[nH]c1)c1ccccc1)C1CCc2n[nH]c(=O)cc2C1. The van der Waals surface area contributed by atoms with Gasteiger partial charge in [-0.05, 0) is 30.4 Å². The highest BCUT2D eigenvalue weighted by atomic mass is 16.2. The predicted octanol–water partition coefficient (Wildman–Crippen LogP) is 1.09. The van der Waals surface area contributed by atoms with Crippen molar-refractivity contribution in [1.29, 1.82) is 0 Å². The first-order valence-corrected chi connectivity index (χ1v) is 9.32. The largest absolute Gasteiger partial charge is 0.340 e. The highest BCUT2D eigenvalue weighted by Crippen LogP contribution is 2.24. The molecule has 0 aliphatic heterocycles. The number of carbonyl (C=O) groups is 2. The number of amides is 2. The van der Waals surface area contributed by atoms with E-state index >= 15 is 0 Å². The lowest BCUT2D eigenvalue weighted by Gasteiger charge is -2.25. The molecule has 2 amide bonds. The Morgan fingerprint density at radius 1 is 1.21 bits per heavy atom. The molecule has 29 heavy (non-hydrogen) atoms. The first-order chi connectivity index (χ1) is 14.1. The second-order valence-electron chi connectivity index (χ2n) is 6.97. The molecule has 0 fully saturated rings. The van der Waals surface area contributed by atoms with Crippen molar-refractivity contribution in [3.05, 3.63) is 76.0 Å². The monoisotopic (exact) mass is 392 g/mol. The van der Waals surface area contributed by atoms with Crippen molar-refractivity contribution >= 4 is 17.5 Å². The summed E-state index contributed by atoms with van der Waals surface area (Å²) in [6.07, 6.45) is 4.67. The minimum atomic E-state index is -0.850. The van der Waals surface area contributed by atoms with E-state index in [0.29, 0.717) is 30.5 Å². The molecule has 2 unspecified atom stereocenters. The van der Waals surface area contributed by atoms with Gasteiger partial charge in [-0.2, -0.15) is 10.2 Å². The van der Waals surface area contributed by atoms with Crippen molar-refractivity contribution in [2.24, 2.45) is 5.92 Å². The zero-order chi connectivity index (χ0) is 20.2. The third kappa shape index (κ3) is 4.23. The lowest BCUT2D eigenvalue weighted by molar-refractivity contribution is -0.129. The molecule has 4 N–H and O–H groups in total. The Morgan fingerprint density at radius 3 is 2.79 bits per heavy atom. The summed E-state index contributed by atoms with van der Waals surface area (Å²) in [5, 5.41) is 18.5. The van der Waals surface area contributed by atoms with E-state index in [0.717, 1.165) is 11.3 Å². The van der Waals surface area contributed by atoms with Gasteiger partial charge in [0.15, 0.2) is 0 Å². The molecule has 9 heteroatoms. The van der Waals surface area contributed by atoms with Gasteiger partial charge in [0.05, 0.1) is 17.6 Å². The van der Waals surface area contributed by atoms with E-state index in [2.05, 4.69) is 31.0 Å². The summed E-state index contributed by atoms with van der Waals surface area (Å²) in [5.41, 5.74) is 2.50. The van der Waals surface area contributed by atoms with Gasteiger partial charge >= 0.3 is 0 Å². The molecule has 2 atom stereocenters. The Labute approximate surface area is 165 Å². The molecule has 9 nitrogen and oxygen atoms in total. The van der Waals surface area contributed by atoms with Gasteiger partial charge in [-0.3, -0.25) is 19.5 Å². The summed E-state index contributed by atoms with van der Waals surface area (Å²) in [4.78, 5) is 37.4. The number of H-pyrrole nitrogens is 2. The fraction of sp³-hybridized carbons (Fsp3) is 0.250. The van der Waals surface area contributed by atoms with Crippen LogP contribution in [0.15, 0.2) is 53.6 Å². The number of benzene rings is 1. The Hall–Kier alpha value is -3.75. The van der Waals surface area contributed by atoms with Crippen LogP contribution in [0.3, 0.4) is 0 Å². The first kappa shape index (κ1) is 18.6. The standard InChI is InChI=1S/C20H20N6O3/c27-17-9-14-8-13(6-7-16(14)25-26-17)19(28)24-18(12-4-2-1-3-5-12)20(29)23-15-10-21-22-11-15/h1-5,9-11,13,18H,6-8H2,(H,21,22)(H,23,29)(H,24,28)(H,26,27). The number of aromatic nitrogens is 4. The highest BCUT2D eigenvalue weighted by Gasteiger charge is 2.30. The third-order valence-corrected chi connectivity index (χ3v) is 4.99. The van der Waals surface area contributed by atoms with Crippen LogP contribution in [-0.4, -0.2) is 32.2 Å². The summed E-state index contributed by atoms with van der Waals surface area (Å²) >= 11 is 0. The molecule has 0 radical (unpaired) electrons. The van der Waals surface area contributed by atoms with E-state index in [1.54, 1.807) is 18.3 Å². The highest BCUT2D eigenvalue weighted by molar-refractivity contribution is 5.98. The van der Waals surface area contributed by atoms with Gasteiger partial charge in [-0.15, -0.1) is 0 Å². The van der Waals surface area contributed by atoms with E-state index in [1.807, 2.05) is 18.2 Å². The summed E-state index contributed by atoms with van der Waals surface area (Å²) in [5.74, 6) is -0.925. The maximum absolute atomic E-state index is 13.0. The van der Waals surface area contributed by atoms with Crippen LogP contribution in [0.25, 0.3) is 0 Å². The van der Waals surface area contributed by atoms with Gasteiger partial charge in [-0.25, -0.2) is 5.10 Å². The molecular formula is C20H20N6O3. The zero-order valence-electron chi connectivity index (χ0n) is 15.5. The van der Waals surface area contributed by atoms with Crippen molar-refractivity contribution < 1.29 is 9.59 Å². The smallest absolute Gasteiger partial charge is 0.264 e. The topological polar surface area (TPSA) is 133 Å². The number of nitrogens with one attached hydrogen (secondary N) is 4. The van der Waals surface area contributed by atoms with Crippen LogP contribution in [0.2, 0.25) is 0 Å². The second kappa shape index (κ2) is 8.09. The number of hydrogen-bond donors (Lipinski definition) is 4. The number of aryl methyl sites for hydroxylation is 1. The van der Waals surface area contributed by atoms with Gasteiger partial charge in [0.1, 0.15) is 6.04 Å². The van der Waals surface area contributed by atoms with E-state index in [1.165, 1.54) is 12.3 Å². The number of anilines is 1. The molecule has 2 aromatic heterocycles. The van der Waals surface area contributed by atoms with Crippen molar-refractivity contribution in [2.75, 3.05) is 5.32 Å². The normalized spacial score (nSPS) is 16.5. The lowest BCUT2D eigenvalue weighted by atomic mass is 9.86. The number of carbonyl (C=O) groups excluding carboxylic acids is 2. The Kier molecular flexibility index (Phi) is 5.19. The van der Waals surface area contributed by atoms with Crippen molar-refractivity contribution in [3.63, 3.8) is 0 Å². The average molecular weight is 392 g/mol. The molecule has 2 heterocycles. The second-order valence-corrected chi connectivity index (χ2v) is 6.97. The molecular weight excluding hydrogens is 372 g/mol. The Bertz CT molecular complexity index is 1060. The molecule has 3 aromatic rings. The van der Waals surface area contributed by atoms with Gasteiger partial charge < -0.3 is 10.6 Å². The minimum Gasteiger partial charge on any atom is -0.340 e. The van der Waals surface area contributed by atoms with E-state index in [9.17, 15) is 14.4 Å². The fourth-order valence-corrected chi connectivity index (χ4v) is 3.50. The van der Waals surface area contributed by atoms with Gasteiger partial charge in [0.25, 0.3) is 11.5 Å². The van der Waals surface area contributed by atoms with E-state index in [4.69, 9.17) is 0 Å². The van der Waals surface area contributed by atoms with Crippen molar-refractivity contribution in [3.8, 4) is 0 Å². The molecule has 1 aromatic carbocycles. The number of rotatable bonds is 5.